The van der Waals surface area contributed by atoms with E-state index in [2.05, 4.69) is 48.1 Å². The Balaban J connectivity index is 3.41. The van der Waals surface area contributed by atoms with Crippen molar-refractivity contribution in [2.75, 3.05) is 65.6 Å². The predicted octanol–water partition coefficient (Wildman–Crippen LogP) is 7.73. The molecule has 6 heteroatoms. The Bertz CT molecular complexity index is 493. The lowest BCUT2D eigenvalue weighted by Crippen LogP contribution is -2.31. The van der Waals surface area contributed by atoms with Gasteiger partial charge in [0.1, 0.15) is 0 Å². The lowest BCUT2D eigenvalue weighted by Gasteiger charge is -2.17. The van der Waals surface area contributed by atoms with Crippen LogP contribution < -0.4 is 21.3 Å². The molecule has 0 fully saturated rings. The molecule has 0 bridgehead atoms. The molecular formula is C35H74N4O2. The number of nitrogens with one attached hydrogen (secondary N) is 4. The molecule has 0 aromatic rings. The Morgan fingerprint density at radius 2 is 1.10 bits per heavy atom. The smallest absolute Gasteiger partial charge is 0.0979 e. The molecule has 0 aliphatic carbocycles. The summed E-state index contributed by atoms with van der Waals surface area (Å²) in [6, 6.07) is 0. The summed E-state index contributed by atoms with van der Waals surface area (Å²) in [6.45, 7) is 15.9. The van der Waals surface area contributed by atoms with Gasteiger partial charge in [-0.15, -0.1) is 0 Å². The van der Waals surface area contributed by atoms with Crippen LogP contribution in [0.4, 0.5) is 0 Å². The topological polar surface area (TPSA) is 66.6 Å². The summed E-state index contributed by atoms with van der Waals surface area (Å²) in [5.74, 6) is 0. The van der Waals surface area contributed by atoms with E-state index in [1.165, 1.54) is 122 Å². The summed E-state index contributed by atoms with van der Waals surface area (Å²) in [5, 5.41) is 13.7. The molecule has 4 N–H and O–H groups in total. The summed E-state index contributed by atoms with van der Waals surface area (Å²) >= 11 is 0. The molecule has 0 aromatic carbocycles. The molecule has 41 heavy (non-hydrogen) atoms. The van der Waals surface area contributed by atoms with Gasteiger partial charge >= 0.3 is 0 Å². The monoisotopic (exact) mass is 583 g/mol. The van der Waals surface area contributed by atoms with Gasteiger partial charge in [0.05, 0.1) is 12.7 Å². The van der Waals surface area contributed by atoms with Crippen molar-refractivity contribution in [2.24, 2.45) is 0 Å². The SMILES string of the molecule is CCCCCCCCCCCCCCCCCCOCC(CNC=CCNCCCCNCCCNCC)OCC. The van der Waals surface area contributed by atoms with Gasteiger partial charge in [-0.05, 0) is 71.5 Å². The first kappa shape index (κ1) is 40.3. The summed E-state index contributed by atoms with van der Waals surface area (Å²) in [4.78, 5) is 0. The predicted molar refractivity (Wildman–Crippen MR) is 181 cm³/mol. The zero-order chi connectivity index (χ0) is 29.7. The Hall–Kier alpha value is -0.660. The zero-order valence-corrected chi connectivity index (χ0v) is 28.1. The zero-order valence-electron chi connectivity index (χ0n) is 28.1. The summed E-state index contributed by atoms with van der Waals surface area (Å²) in [7, 11) is 0. The van der Waals surface area contributed by atoms with Gasteiger partial charge in [0, 0.05) is 26.3 Å². The van der Waals surface area contributed by atoms with Crippen LogP contribution in [0.5, 0.6) is 0 Å². The molecule has 6 nitrogen and oxygen atoms in total. The minimum absolute atomic E-state index is 0.115. The van der Waals surface area contributed by atoms with Crippen molar-refractivity contribution in [3.05, 3.63) is 12.3 Å². The third kappa shape index (κ3) is 35.4. The van der Waals surface area contributed by atoms with Crippen LogP contribution in [0.2, 0.25) is 0 Å². The average Bonchev–Trinajstić information content (AvgIpc) is 2.98. The molecule has 1 atom stereocenters. The summed E-state index contributed by atoms with van der Waals surface area (Å²) in [5.41, 5.74) is 0. The number of hydrogen-bond acceptors (Lipinski definition) is 6. The number of rotatable bonds is 36. The lowest BCUT2D eigenvalue weighted by molar-refractivity contribution is -0.00998. The van der Waals surface area contributed by atoms with Crippen LogP contribution in [0.25, 0.3) is 0 Å². The Morgan fingerprint density at radius 3 is 1.68 bits per heavy atom. The highest BCUT2D eigenvalue weighted by atomic mass is 16.5. The second-order valence-electron chi connectivity index (χ2n) is 11.6. The van der Waals surface area contributed by atoms with E-state index in [-0.39, 0.29) is 6.10 Å². The molecule has 0 spiro atoms. The van der Waals surface area contributed by atoms with Gasteiger partial charge in [0.15, 0.2) is 0 Å². The summed E-state index contributed by atoms with van der Waals surface area (Å²) < 4.78 is 11.8. The lowest BCUT2D eigenvalue weighted by atomic mass is 10.0. The third-order valence-electron chi connectivity index (χ3n) is 7.61. The van der Waals surface area contributed by atoms with Gasteiger partial charge in [0.2, 0.25) is 0 Å². The van der Waals surface area contributed by atoms with Crippen molar-refractivity contribution in [2.45, 2.75) is 149 Å². The van der Waals surface area contributed by atoms with Gasteiger partial charge in [-0.1, -0.05) is 116 Å². The Morgan fingerprint density at radius 1 is 0.561 bits per heavy atom. The van der Waals surface area contributed by atoms with Crippen LogP contribution in [0.1, 0.15) is 143 Å². The molecule has 0 aliphatic heterocycles. The Labute approximate surface area is 257 Å². The van der Waals surface area contributed by atoms with E-state index in [1.54, 1.807) is 0 Å². The fraction of sp³-hybridized carbons (Fsp3) is 0.943. The minimum atomic E-state index is 0.115. The number of hydrogen-bond donors (Lipinski definition) is 4. The fourth-order valence-electron chi connectivity index (χ4n) is 5.04. The maximum absolute atomic E-state index is 5.93. The maximum atomic E-state index is 5.93. The van der Waals surface area contributed by atoms with Crippen LogP contribution in [-0.4, -0.2) is 71.7 Å². The molecule has 246 valence electrons. The quantitative estimate of drug-likeness (QED) is 0.0567. The summed E-state index contributed by atoms with van der Waals surface area (Å²) in [6.07, 6.45) is 30.4. The van der Waals surface area contributed by atoms with Gasteiger partial charge in [0.25, 0.3) is 0 Å². The van der Waals surface area contributed by atoms with Crippen LogP contribution in [0.15, 0.2) is 12.3 Å². The molecule has 0 radical (unpaired) electrons. The van der Waals surface area contributed by atoms with Gasteiger partial charge < -0.3 is 30.7 Å². The first-order valence-electron chi connectivity index (χ1n) is 18.0. The van der Waals surface area contributed by atoms with Crippen molar-refractivity contribution >= 4 is 0 Å². The van der Waals surface area contributed by atoms with Crippen molar-refractivity contribution in [1.29, 1.82) is 0 Å². The molecule has 1 unspecified atom stereocenters. The van der Waals surface area contributed by atoms with E-state index in [0.717, 1.165) is 59.0 Å². The minimum Gasteiger partial charge on any atom is -0.388 e. The molecule has 0 amide bonds. The average molecular weight is 583 g/mol. The highest BCUT2D eigenvalue weighted by Gasteiger charge is 2.07. The molecule has 0 aliphatic rings. The van der Waals surface area contributed by atoms with E-state index >= 15 is 0 Å². The fourth-order valence-corrected chi connectivity index (χ4v) is 5.04. The van der Waals surface area contributed by atoms with E-state index < -0.39 is 0 Å². The van der Waals surface area contributed by atoms with E-state index in [4.69, 9.17) is 9.47 Å². The number of ether oxygens (including phenoxy) is 2. The van der Waals surface area contributed by atoms with Crippen molar-refractivity contribution in [3.63, 3.8) is 0 Å². The van der Waals surface area contributed by atoms with Gasteiger partial charge in [-0.25, -0.2) is 0 Å². The van der Waals surface area contributed by atoms with E-state index in [9.17, 15) is 0 Å². The second kappa shape index (κ2) is 37.4. The normalized spacial score (nSPS) is 12.5. The second-order valence-corrected chi connectivity index (χ2v) is 11.6. The third-order valence-corrected chi connectivity index (χ3v) is 7.61. The first-order valence-corrected chi connectivity index (χ1v) is 18.0. The van der Waals surface area contributed by atoms with Crippen LogP contribution in [0.3, 0.4) is 0 Å². The number of unbranched alkanes of at least 4 members (excludes halogenated alkanes) is 16. The standard InChI is InChI=1S/C35H74N4O2/c1-4-7-8-9-10-11-12-13-14-15-16-17-18-19-20-23-32-40-34-35(41-6-3)33-39-31-25-30-38-27-22-21-26-37-29-24-28-36-5-2/h25,31,35-39H,4-24,26-30,32-34H2,1-3H3. The highest BCUT2D eigenvalue weighted by Crippen LogP contribution is 2.13. The molecule has 0 heterocycles. The van der Waals surface area contributed by atoms with Crippen molar-refractivity contribution in [1.82, 2.24) is 21.3 Å². The van der Waals surface area contributed by atoms with Gasteiger partial charge in [-0.3, -0.25) is 0 Å². The molecular weight excluding hydrogens is 508 g/mol. The van der Waals surface area contributed by atoms with Crippen LogP contribution in [-0.2, 0) is 9.47 Å². The van der Waals surface area contributed by atoms with Crippen molar-refractivity contribution < 1.29 is 9.47 Å². The van der Waals surface area contributed by atoms with Crippen LogP contribution >= 0.6 is 0 Å². The first-order chi connectivity index (χ1) is 20.3. The molecule has 0 saturated carbocycles. The molecule has 0 rings (SSSR count). The van der Waals surface area contributed by atoms with Crippen molar-refractivity contribution in [3.8, 4) is 0 Å². The van der Waals surface area contributed by atoms with E-state index in [1.807, 2.05) is 6.20 Å². The van der Waals surface area contributed by atoms with Crippen LogP contribution in [0, 0.1) is 0 Å². The molecule has 0 saturated heterocycles. The maximum Gasteiger partial charge on any atom is 0.0979 e. The molecule has 0 aromatic heterocycles. The van der Waals surface area contributed by atoms with E-state index in [0.29, 0.717) is 6.61 Å². The Kier molecular flexibility index (Phi) is 36.8. The van der Waals surface area contributed by atoms with Gasteiger partial charge in [-0.2, -0.15) is 0 Å². The highest BCUT2D eigenvalue weighted by molar-refractivity contribution is 4.82. The largest absolute Gasteiger partial charge is 0.388 e.